The Morgan fingerprint density at radius 2 is 1.85 bits per heavy atom. The van der Waals surface area contributed by atoms with E-state index < -0.39 is 21.8 Å². The first-order valence-electron chi connectivity index (χ1n) is 4.77. The molecule has 0 spiro atoms. The SMILES string of the molecule is CC1=Cc2ccccc2[CH]1[Zr]([CH3])[CH3]. The Morgan fingerprint density at radius 3 is 2.54 bits per heavy atom. The van der Waals surface area contributed by atoms with Crippen LogP contribution in [0.5, 0.6) is 0 Å². The van der Waals surface area contributed by atoms with Gasteiger partial charge in [-0.1, -0.05) is 0 Å². The minimum absolute atomic E-state index is 0.846. The van der Waals surface area contributed by atoms with E-state index in [-0.39, 0.29) is 0 Å². The summed E-state index contributed by atoms with van der Waals surface area (Å²) in [7, 11) is 0. The van der Waals surface area contributed by atoms with E-state index in [0.717, 1.165) is 3.63 Å². The van der Waals surface area contributed by atoms with Crippen LogP contribution >= 0.6 is 0 Å². The molecule has 2 rings (SSSR count). The zero-order valence-corrected chi connectivity index (χ0v) is 10.9. The van der Waals surface area contributed by atoms with E-state index >= 15 is 0 Å². The predicted octanol–water partition coefficient (Wildman–Crippen LogP) is 3.86. The van der Waals surface area contributed by atoms with Gasteiger partial charge in [0.2, 0.25) is 0 Å². The molecular weight excluding hydrogens is 235 g/mol. The van der Waals surface area contributed by atoms with Crippen molar-refractivity contribution in [2.45, 2.75) is 19.8 Å². The normalized spacial score (nSPS) is 19.6. The third-order valence-electron chi connectivity index (χ3n) is 2.72. The molecule has 1 aromatic carbocycles. The fraction of sp³-hybridized carbons (Fsp3) is 0.333. The van der Waals surface area contributed by atoms with Crippen LogP contribution in [0.1, 0.15) is 21.7 Å². The molecule has 0 saturated heterocycles. The molecule has 0 bridgehead atoms. The second-order valence-corrected chi connectivity index (χ2v) is 10.7. The van der Waals surface area contributed by atoms with Gasteiger partial charge in [-0.15, -0.1) is 0 Å². The summed E-state index contributed by atoms with van der Waals surface area (Å²) in [6, 6.07) is 8.86. The van der Waals surface area contributed by atoms with E-state index in [1.807, 2.05) is 0 Å². The number of hydrogen-bond acceptors (Lipinski definition) is 0. The van der Waals surface area contributed by atoms with E-state index in [2.05, 4.69) is 46.5 Å². The second-order valence-electron chi connectivity index (χ2n) is 4.03. The molecule has 0 heterocycles. The average Bonchev–Trinajstić information content (AvgIpc) is 2.39. The molecule has 1 unspecified atom stereocenters. The summed E-state index contributed by atoms with van der Waals surface area (Å²) >= 11 is -1.12. The van der Waals surface area contributed by atoms with E-state index in [1.165, 1.54) is 5.56 Å². The molecule has 0 saturated carbocycles. The Balaban J connectivity index is 2.49. The molecular formula is C12H15Zr. The van der Waals surface area contributed by atoms with E-state index in [1.54, 1.807) is 11.1 Å². The molecule has 0 amide bonds. The van der Waals surface area contributed by atoms with Crippen LogP contribution in [0.15, 0.2) is 29.8 Å². The van der Waals surface area contributed by atoms with Crippen molar-refractivity contribution in [2.24, 2.45) is 0 Å². The summed E-state index contributed by atoms with van der Waals surface area (Å²) in [5.74, 6) is 0. The number of benzene rings is 1. The van der Waals surface area contributed by atoms with Gasteiger partial charge in [-0.25, -0.2) is 0 Å². The molecule has 13 heavy (non-hydrogen) atoms. The van der Waals surface area contributed by atoms with Gasteiger partial charge in [0.25, 0.3) is 0 Å². The Kier molecular flexibility index (Phi) is 2.56. The average molecular weight is 250 g/mol. The van der Waals surface area contributed by atoms with E-state index in [9.17, 15) is 0 Å². The molecule has 1 aromatic rings. The van der Waals surface area contributed by atoms with Crippen molar-refractivity contribution >= 4 is 6.08 Å². The maximum atomic E-state index is 2.49. The molecule has 0 aromatic heterocycles. The Morgan fingerprint density at radius 1 is 1.15 bits per heavy atom. The molecule has 0 radical (unpaired) electrons. The van der Waals surface area contributed by atoms with Crippen LogP contribution in [-0.2, 0) is 21.8 Å². The van der Waals surface area contributed by atoms with Crippen LogP contribution in [0.2, 0.25) is 9.26 Å². The molecule has 1 heteroatoms. The van der Waals surface area contributed by atoms with Crippen LogP contribution in [0.25, 0.3) is 6.08 Å². The number of rotatable bonds is 1. The van der Waals surface area contributed by atoms with Gasteiger partial charge in [0.1, 0.15) is 0 Å². The third-order valence-corrected chi connectivity index (χ3v) is 7.44. The van der Waals surface area contributed by atoms with Gasteiger partial charge >= 0.3 is 88.6 Å². The van der Waals surface area contributed by atoms with Crippen molar-refractivity contribution in [2.75, 3.05) is 0 Å². The van der Waals surface area contributed by atoms with Crippen molar-refractivity contribution in [3.63, 3.8) is 0 Å². The molecule has 67 valence electrons. The standard InChI is InChI=1S/C10H9.2CH3.Zr/c1-8-6-9-4-2-3-5-10(9)7-8;;;/h2-7H,1H3;2*1H3;. The zero-order chi connectivity index (χ0) is 9.42. The van der Waals surface area contributed by atoms with Gasteiger partial charge in [-0.05, 0) is 0 Å². The Bertz CT molecular complexity index is 350. The molecule has 1 atom stereocenters. The molecule has 0 nitrogen and oxygen atoms in total. The summed E-state index contributed by atoms with van der Waals surface area (Å²) in [5, 5.41) is 0. The van der Waals surface area contributed by atoms with Gasteiger partial charge < -0.3 is 0 Å². The first kappa shape index (κ1) is 9.40. The number of fused-ring (bicyclic) bond motifs is 1. The van der Waals surface area contributed by atoms with Crippen LogP contribution in [-0.4, -0.2) is 0 Å². The van der Waals surface area contributed by atoms with Gasteiger partial charge in [0, 0.05) is 0 Å². The Hall–Kier alpha value is -0.157. The first-order valence-corrected chi connectivity index (χ1v) is 11.1. The topological polar surface area (TPSA) is 0 Å². The molecule has 1 aliphatic rings. The fourth-order valence-corrected chi connectivity index (χ4v) is 6.86. The molecule has 0 aliphatic heterocycles. The number of hydrogen-bond donors (Lipinski definition) is 0. The summed E-state index contributed by atoms with van der Waals surface area (Å²) in [6.07, 6.45) is 2.37. The van der Waals surface area contributed by atoms with E-state index in [4.69, 9.17) is 0 Å². The van der Waals surface area contributed by atoms with Gasteiger partial charge in [-0.3, -0.25) is 0 Å². The van der Waals surface area contributed by atoms with Crippen molar-refractivity contribution < 1.29 is 21.8 Å². The van der Waals surface area contributed by atoms with Gasteiger partial charge in [0.15, 0.2) is 0 Å². The van der Waals surface area contributed by atoms with Crippen molar-refractivity contribution in [3.8, 4) is 0 Å². The van der Waals surface area contributed by atoms with Crippen LogP contribution < -0.4 is 0 Å². The van der Waals surface area contributed by atoms with Crippen molar-refractivity contribution in [1.82, 2.24) is 0 Å². The second kappa shape index (κ2) is 3.54. The molecule has 0 N–H and O–H groups in total. The summed E-state index contributed by atoms with van der Waals surface area (Å²) in [5.41, 5.74) is 4.66. The minimum atomic E-state index is -1.12. The van der Waals surface area contributed by atoms with E-state index in [0.29, 0.717) is 0 Å². The van der Waals surface area contributed by atoms with Crippen molar-refractivity contribution in [1.29, 1.82) is 0 Å². The molecule has 1 aliphatic carbocycles. The summed E-state index contributed by atoms with van der Waals surface area (Å²) in [4.78, 5) is 0. The van der Waals surface area contributed by atoms with Gasteiger partial charge in [0.05, 0.1) is 0 Å². The summed E-state index contributed by atoms with van der Waals surface area (Å²) in [6.45, 7) is 2.29. The van der Waals surface area contributed by atoms with Crippen LogP contribution in [0, 0.1) is 0 Å². The summed E-state index contributed by atoms with van der Waals surface area (Å²) < 4.78 is 5.83. The first-order chi connectivity index (χ1) is 6.20. The quantitative estimate of drug-likeness (QED) is 0.710. The number of allylic oxidation sites excluding steroid dienone is 1. The molecule has 0 fully saturated rings. The third kappa shape index (κ3) is 1.59. The zero-order valence-electron chi connectivity index (χ0n) is 8.46. The van der Waals surface area contributed by atoms with Crippen LogP contribution in [0.3, 0.4) is 0 Å². The Labute approximate surface area is 88.3 Å². The van der Waals surface area contributed by atoms with Gasteiger partial charge in [-0.2, -0.15) is 0 Å². The monoisotopic (exact) mass is 249 g/mol. The van der Waals surface area contributed by atoms with Crippen molar-refractivity contribution in [3.05, 3.63) is 41.0 Å². The predicted molar refractivity (Wildman–Crippen MR) is 54.6 cm³/mol. The maximum absolute atomic E-state index is 2.49. The fourth-order valence-electron chi connectivity index (χ4n) is 2.25. The van der Waals surface area contributed by atoms with Crippen LogP contribution in [0.4, 0.5) is 0 Å².